The zero-order chi connectivity index (χ0) is 18.0. The third kappa shape index (κ3) is 3.47. The fraction of sp³-hybridized carbons (Fsp3) is 0.158. The minimum Gasteiger partial charge on any atom is -0.546 e. The number of carbonyl (C=O) groups is 2. The van der Waals surface area contributed by atoms with Crippen molar-refractivity contribution in [1.82, 2.24) is 0 Å². The first-order chi connectivity index (χ1) is 12.0. The monoisotopic (exact) mass is 339 g/mol. The predicted molar refractivity (Wildman–Crippen MR) is 87.5 cm³/mol. The van der Waals surface area contributed by atoms with Crippen molar-refractivity contribution in [3.05, 3.63) is 59.4 Å². The SMILES string of the molecule is COc1ccc(C=C2Oc3cc(O[C@@H](C)C(=O)[O-])ccc3C2=O)cc1. The van der Waals surface area contributed by atoms with Crippen LogP contribution in [-0.2, 0) is 4.79 Å². The molecule has 0 fully saturated rings. The Hall–Kier alpha value is -3.28. The van der Waals surface area contributed by atoms with E-state index < -0.39 is 12.1 Å². The van der Waals surface area contributed by atoms with Crippen molar-refractivity contribution < 1.29 is 28.9 Å². The molecule has 25 heavy (non-hydrogen) atoms. The maximum atomic E-state index is 12.4. The molecule has 1 aliphatic heterocycles. The molecule has 1 atom stereocenters. The molecular weight excluding hydrogens is 324 g/mol. The van der Waals surface area contributed by atoms with Gasteiger partial charge in [0.15, 0.2) is 5.76 Å². The number of Topliss-reactive ketones (excluding diaryl/α,β-unsaturated/α-hetero) is 1. The van der Waals surface area contributed by atoms with Gasteiger partial charge in [-0.15, -0.1) is 0 Å². The number of methoxy groups -OCH3 is 1. The van der Waals surface area contributed by atoms with Gasteiger partial charge >= 0.3 is 0 Å². The summed E-state index contributed by atoms with van der Waals surface area (Å²) in [6, 6.07) is 11.7. The molecule has 0 N–H and O–H groups in total. The van der Waals surface area contributed by atoms with Gasteiger partial charge in [0.2, 0.25) is 5.78 Å². The van der Waals surface area contributed by atoms with E-state index in [0.29, 0.717) is 17.1 Å². The number of ketones is 1. The van der Waals surface area contributed by atoms with Crippen LogP contribution in [0.4, 0.5) is 0 Å². The van der Waals surface area contributed by atoms with E-state index >= 15 is 0 Å². The summed E-state index contributed by atoms with van der Waals surface area (Å²) in [5.41, 5.74) is 1.19. The third-order valence-electron chi connectivity index (χ3n) is 3.70. The summed E-state index contributed by atoms with van der Waals surface area (Å²) in [7, 11) is 1.58. The number of hydrogen-bond acceptors (Lipinski definition) is 6. The summed E-state index contributed by atoms with van der Waals surface area (Å²) in [5, 5.41) is 10.8. The summed E-state index contributed by atoms with van der Waals surface area (Å²) < 4.78 is 15.9. The number of carboxylic acid groups (broad SMARTS) is 1. The van der Waals surface area contributed by atoms with Gasteiger partial charge in [-0.1, -0.05) is 12.1 Å². The zero-order valence-corrected chi connectivity index (χ0v) is 13.6. The van der Waals surface area contributed by atoms with Gasteiger partial charge in [0.1, 0.15) is 23.4 Å². The van der Waals surface area contributed by atoms with Crippen molar-refractivity contribution in [2.45, 2.75) is 13.0 Å². The third-order valence-corrected chi connectivity index (χ3v) is 3.70. The van der Waals surface area contributed by atoms with Crippen LogP contribution in [0.1, 0.15) is 22.8 Å². The van der Waals surface area contributed by atoms with Crippen LogP contribution in [0.5, 0.6) is 17.2 Å². The minimum absolute atomic E-state index is 0.185. The number of fused-ring (bicyclic) bond motifs is 1. The number of carboxylic acids is 1. The molecule has 6 heteroatoms. The molecule has 3 rings (SSSR count). The Morgan fingerprint density at radius 1 is 1.16 bits per heavy atom. The highest BCUT2D eigenvalue weighted by atomic mass is 16.5. The van der Waals surface area contributed by atoms with Crippen molar-refractivity contribution in [2.75, 3.05) is 7.11 Å². The number of allylic oxidation sites excluding steroid dienone is 1. The molecule has 2 aromatic carbocycles. The Balaban J connectivity index is 1.82. The number of aliphatic carboxylic acids is 1. The van der Waals surface area contributed by atoms with Gasteiger partial charge in [0, 0.05) is 6.07 Å². The first-order valence-corrected chi connectivity index (χ1v) is 7.58. The van der Waals surface area contributed by atoms with E-state index in [-0.39, 0.29) is 17.3 Å². The summed E-state index contributed by atoms with van der Waals surface area (Å²) in [5.74, 6) is -0.0529. The van der Waals surface area contributed by atoms with Gasteiger partial charge in [0.05, 0.1) is 18.6 Å². The fourth-order valence-corrected chi connectivity index (χ4v) is 2.34. The second-order valence-corrected chi connectivity index (χ2v) is 5.45. The summed E-state index contributed by atoms with van der Waals surface area (Å²) in [6.45, 7) is 1.36. The molecule has 6 nitrogen and oxygen atoms in total. The number of ether oxygens (including phenoxy) is 3. The standard InChI is InChI=1S/C19H16O6/c1-11(19(21)22)24-14-7-8-15-16(10-14)25-17(18(15)20)9-12-3-5-13(23-2)6-4-12/h3-11H,1-2H3,(H,21,22)/p-1/t11-/m0/s1. The van der Waals surface area contributed by atoms with Crippen LogP contribution in [-0.4, -0.2) is 25.0 Å². The predicted octanol–water partition coefficient (Wildman–Crippen LogP) is 1.83. The van der Waals surface area contributed by atoms with E-state index in [4.69, 9.17) is 14.2 Å². The highest BCUT2D eigenvalue weighted by Gasteiger charge is 2.27. The molecule has 0 radical (unpaired) electrons. The van der Waals surface area contributed by atoms with Gasteiger partial charge in [-0.25, -0.2) is 0 Å². The minimum atomic E-state index is -1.32. The molecule has 0 aromatic heterocycles. The van der Waals surface area contributed by atoms with E-state index in [1.807, 2.05) is 12.1 Å². The zero-order valence-electron chi connectivity index (χ0n) is 13.6. The summed E-state index contributed by atoms with van der Waals surface area (Å²) in [4.78, 5) is 23.2. The van der Waals surface area contributed by atoms with E-state index in [2.05, 4.69) is 0 Å². The Morgan fingerprint density at radius 3 is 2.48 bits per heavy atom. The molecule has 128 valence electrons. The number of hydrogen-bond donors (Lipinski definition) is 0. The van der Waals surface area contributed by atoms with E-state index in [1.165, 1.54) is 19.1 Å². The largest absolute Gasteiger partial charge is 0.546 e. The Bertz CT molecular complexity index is 851. The van der Waals surface area contributed by atoms with Gasteiger partial charge < -0.3 is 24.1 Å². The molecule has 1 heterocycles. The second-order valence-electron chi connectivity index (χ2n) is 5.45. The van der Waals surface area contributed by atoms with E-state index in [9.17, 15) is 14.7 Å². The van der Waals surface area contributed by atoms with Crippen LogP contribution in [0.25, 0.3) is 6.08 Å². The molecule has 0 saturated heterocycles. The van der Waals surface area contributed by atoms with Crippen LogP contribution < -0.4 is 19.3 Å². The Labute approximate surface area is 144 Å². The van der Waals surface area contributed by atoms with Crippen LogP contribution in [0.15, 0.2) is 48.2 Å². The smallest absolute Gasteiger partial charge is 0.231 e. The Morgan fingerprint density at radius 2 is 1.84 bits per heavy atom. The quantitative estimate of drug-likeness (QED) is 0.773. The van der Waals surface area contributed by atoms with E-state index in [1.54, 1.807) is 31.4 Å². The molecular formula is C19H15O6-. The van der Waals surface area contributed by atoms with Crippen molar-refractivity contribution in [1.29, 1.82) is 0 Å². The van der Waals surface area contributed by atoms with Crippen LogP contribution in [0.2, 0.25) is 0 Å². The molecule has 0 saturated carbocycles. The first kappa shape index (κ1) is 16.6. The lowest BCUT2D eigenvalue weighted by Gasteiger charge is -2.15. The average Bonchev–Trinajstić information content (AvgIpc) is 2.91. The van der Waals surface area contributed by atoms with Crippen LogP contribution in [0, 0.1) is 0 Å². The van der Waals surface area contributed by atoms with Crippen molar-refractivity contribution in [2.24, 2.45) is 0 Å². The maximum Gasteiger partial charge on any atom is 0.231 e. The fourth-order valence-electron chi connectivity index (χ4n) is 2.34. The molecule has 2 aromatic rings. The lowest BCUT2D eigenvalue weighted by molar-refractivity contribution is -0.312. The van der Waals surface area contributed by atoms with Gasteiger partial charge in [-0.2, -0.15) is 0 Å². The molecule has 0 amide bonds. The number of benzene rings is 2. The summed E-state index contributed by atoms with van der Waals surface area (Å²) >= 11 is 0. The highest BCUT2D eigenvalue weighted by molar-refractivity contribution is 6.14. The van der Waals surface area contributed by atoms with Crippen molar-refractivity contribution in [3.8, 4) is 17.2 Å². The summed E-state index contributed by atoms with van der Waals surface area (Å²) in [6.07, 6.45) is 0.524. The first-order valence-electron chi connectivity index (χ1n) is 7.58. The number of carbonyl (C=O) groups excluding carboxylic acids is 2. The lowest BCUT2D eigenvalue weighted by atomic mass is 10.1. The molecule has 0 unspecified atom stereocenters. The molecule has 0 spiro atoms. The average molecular weight is 339 g/mol. The topological polar surface area (TPSA) is 84.9 Å². The lowest BCUT2D eigenvalue weighted by Crippen LogP contribution is -2.37. The van der Waals surface area contributed by atoms with Crippen molar-refractivity contribution >= 4 is 17.8 Å². The second kappa shape index (κ2) is 6.68. The maximum absolute atomic E-state index is 12.4. The molecule has 1 aliphatic rings. The van der Waals surface area contributed by atoms with Crippen LogP contribution in [0.3, 0.4) is 0 Å². The van der Waals surface area contributed by atoms with Gasteiger partial charge in [0.25, 0.3) is 0 Å². The van der Waals surface area contributed by atoms with Gasteiger partial charge in [-0.3, -0.25) is 4.79 Å². The number of rotatable bonds is 5. The van der Waals surface area contributed by atoms with E-state index in [0.717, 1.165) is 5.56 Å². The molecule has 0 bridgehead atoms. The van der Waals surface area contributed by atoms with Crippen LogP contribution >= 0.6 is 0 Å². The normalized spacial score (nSPS) is 15.4. The molecule has 0 aliphatic carbocycles. The highest BCUT2D eigenvalue weighted by Crippen LogP contribution is 2.35. The Kier molecular flexibility index (Phi) is 4.43. The van der Waals surface area contributed by atoms with Gasteiger partial charge in [-0.05, 0) is 42.8 Å². The van der Waals surface area contributed by atoms with Crippen molar-refractivity contribution in [3.63, 3.8) is 0 Å².